The largest absolute Gasteiger partial charge is 0.371 e. The Hall–Kier alpha value is -1.55. The van der Waals surface area contributed by atoms with Crippen LogP contribution >= 0.6 is 0 Å². The first-order chi connectivity index (χ1) is 13.3. The fraction of sp³-hybridized carbons (Fsp3) is 0.696. The summed E-state index contributed by atoms with van der Waals surface area (Å²) in [5, 5.41) is 3.90. The van der Waals surface area contributed by atoms with Crippen LogP contribution in [0.25, 0.3) is 0 Å². The number of nitrogens with zero attached hydrogens (tertiary/aromatic N) is 2. The van der Waals surface area contributed by atoms with E-state index in [1.165, 1.54) is 44.2 Å². The number of aryl methyl sites for hydroxylation is 2. The molecule has 0 radical (unpaired) electrons. The number of carbonyl (C=O) groups is 1. The van der Waals surface area contributed by atoms with Gasteiger partial charge in [-0.15, -0.1) is 0 Å². The Morgan fingerprint density at radius 1 is 0.889 bits per heavy atom. The minimum atomic E-state index is 0.360. The van der Waals surface area contributed by atoms with Crippen LogP contribution < -0.4 is 10.2 Å². The molecular formula is C23H33N3O. The van der Waals surface area contributed by atoms with E-state index in [-0.39, 0.29) is 0 Å². The van der Waals surface area contributed by atoms with Gasteiger partial charge in [-0.2, -0.15) is 0 Å². The third kappa shape index (κ3) is 3.87. The number of benzene rings is 1. The van der Waals surface area contributed by atoms with Crippen LogP contribution in [-0.2, 0) is 17.6 Å². The average molecular weight is 368 g/mol. The Morgan fingerprint density at radius 3 is 2.52 bits per heavy atom. The fourth-order valence-electron chi connectivity index (χ4n) is 5.29. The number of likely N-dealkylation sites (tertiary alicyclic amines) is 1. The maximum absolute atomic E-state index is 12.4. The first-order valence-electron chi connectivity index (χ1n) is 11.2. The second-order valence-electron chi connectivity index (χ2n) is 9.13. The van der Waals surface area contributed by atoms with Crippen LogP contribution in [0.2, 0.25) is 0 Å². The second-order valence-corrected chi connectivity index (χ2v) is 9.13. The summed E-state index contributed by atoms with van der Waals surface area (Å²) in [7, 11) is 0. The van der Waals surface area contributed by atoms with Crippen molar-refractivity contribution >= 4 is 11.6 Å². The van der Waals surface area contributed by atoms with Gasteiger partial charge in [-0.25, -0.2) is 0 Å². The molecule has 0 bridgehead atoms. The molecule has 3 fully saturated rings. The summed E-state index contributed by atoms with van der Waals surface area (Å²) in [5.74, 6) is 0.784. The predicted molar refractivity (Wildman–Crippen MR) is 109 cm³/mol. The lowest BCUT2D eigenvalue weighted by Crippen LogP contribution is -2.53. The van der Waals surface area contributed by atoms with E-state index in [4.69, 9.17) is 0 Å². The van der Waals surface area contributed by atoms with Crippen molar-refractivity contribution in [1.29, 1.82) is 0 Å². The van der Waals surface area contributed by atoms with E-state index in [1.807, 2.05) is 0 Å². The molecule has 2 aliphatic carbocycles. The molecule has 4 aliphatic rings. The molecule has 146 valence electrons. The second kappa shape index (κ2) is 7.46. The first kappa shape index (κ1) is 17.5. The van der Waals surface area contributed by atoms with Crippen molar-refractivity contribution in [2.24, 2.45) is 5.92 Å². The lowest BCUT2D eigenvalue weighted by Gasteiger charge is -2.39. The van der Waals surface area contributed by atoms with Crippen molar-refractivity contribution in [3.05, 3.63) is 29.3 Å². The van der Waals surface area contributed by atoms with Gasteiger partial charge < -0.3 is 15.1 Å². The van der Waals surface area contributed by atoms with Crippen LogP contribution in [0.3, 0.4) is 0 Å². The lowest BCUT2D eigenvalue weighted by atomic mass is 9.99. The van der Waals surface area contributed by atoms with E-state index in [0.29, 0.717) is 23.9 Å². The number of hydrogen-bond donors (Lipinski definition) is 1. The number of nitrogens with one attached hydrogen (secondary N) is 1. The zero-order valence-electron chi connectivity index (χ0n) is 16.5. The van der Waals surface area contributed by atoms with Gasteiger partial charge in [0.05, 0.1) is 0 Å². The number of fused-ring (bicyclic) bond motifs is 1. The SMILES string of the molecule is O=C(C1CC1)N1CCCC(NC2CCN(c3ccc4c(c3)CCC4)CC2)C1. The molecule has 1 N–H and O–H groups in total. The topological polar surface area (TPSA) is 35.6 Å². The lowest BCUT2D eigenvalue weighted by molar-refractivity contribution is -0.133. The van der Waals surface area contributed by atoms with Gasteiger partial charge in [-0.05, 0) is 81.0 Å². The summed E-state index contributed by atoms with van der Waals surface area (Å²) in [4.78, 5) is 17.1. The van der Waals surface area contributed by atoms with Crippen molar-refractivity contribution in [2.45, 2.75) is 69.9 Å². The summed E-state index contributed by atoms with van der Waals surface area (Å²) < 4.78 is 0. The van der Waals surface area contributed by atoms with Crippen LogP contribution in [0.1, 0.15) is 56.1 Å². The van der Waals surface area contributed by atoms with Crippen molar-refractivity contribution in [3.63, 3.8) is 0 Å². The summed E-state index contributed by atoms with van der Waals surface area (Å²) >= 11 is 0. The molecule has 2 heterocycles. The van der Waals surface area contributed by atoms with Gasteiger partial charge in [0.25, 0.3) is 0 Å². The van der Waals surface area contributed by atoms with E-state index < -0.39 is 0 Å². The zero-order chi connectivity index (χ0) is 18.2. The van der Waals surface area contributed by atoms with Gasteiger partial charge >= 0.3 is 0 Å². The number of amides is 1. The smallest absolute Gasteiger partial charge is 0.225 e. The molecule has 1 unspecified atom stereocenters. The predicted octanol–water partition coefficient (Wildman–Crippen LogP) is 3.13. The van der Waals surface area contributed by atoms with Crippen molar-refractivity contribution in [3.8, 4) is 0 Å². The van der Waals surface area contributed by atoms with Gasteiger partial charge in [-0.1, -0.05) is 6.07 Å². The van der Waals surface area contributed by atoms with Crippen LogP contribution in [-0.4, -0.2) is 49.1 Å². The number of carbonyl (C=O) groups excluding carboxylic acids is 1. The highest BCUT2D eigenvalue weighted by Crippen LogP contribution is 2.32. The molecule has 4 nitrogen and oxygen atoms in total. The molecule has 2 saturated heterocycles. The molecule has 1 saturated carbocycles. The monoisotopic (exact) mass is 367 g/mol. The van der Waals surface area contributed by atoms with Crippen molar-refractivity contribution in [1.82, 2.24) is 10.2 Å². The number of hydrogen-bond acceptors (Lipinski definition) is 3. The van der Waals surface area contributed by atoms with Gasteiger partial charge in [0.15, 0.2) is 0 Å². The molecule has 0 aromatic heterocycles. The molecular weight excluding hydrogens is 334 g/mol. The minimum absolute atomic E-state index is 0.360. The number of piperidine rings is 2. The van der Waals surface area contributed by atoms with Gasteiger partial charge in [0.2, 0.25) is 5.91 Å². The maximum atomic E-state index is 12.4. The third-order valence-corrected chi connectivity index (χ3v) is 7.07. The molecule has 2 aliphatic heterocycles. The van der Waals surface area contributed by atoms with Crippen LogP contribution in [0, 0.1) is 5.92 Å². The van der Waals surface area contributed by atoms with E-state index in [2.05, 4.69) is 33.3 Å². The van der Waals surface area contributed by atoms with Crippen molar-refractivity contribution < 1.29 is 4.79 Å². The standard InChI is InChI=1S/C23H33N3O/c27-23(18-6-7-18)26-12-2-5-21(16-26)24-20-10-13-25(14-11-20)22-9-8-17-3-1-4-19(17)15-22/h8-9,15,18,20-21,24H,1-7,10-14,16H2. The fourth-order valence-corrected chi connectivity index (χ4v) is 5.29. The van der Waals surface area contributed by atoms with E-state index >= 15 is 0 Å². The highest BCUT2D eigenvalue weighted by molar-refractivity contribution is 5.81. The molecule has 1 atom stereocenters. The summed E-state index contributed by atoms with van der Waals surface area (Å²) in [6.45, 7) is 4.20. The van der Waals surface area contributed by atoms with Gasteiger partial charge in [0.1, 0.15) is 0 Å². The third-order valence-electron chi connectivity index (χ3n) is 7.07. The number of rotatable bonds is 4. The van der Waals surface area contributed by atoms with Crippen LogP contribution in [0.15, 0.2) is 18.2 Å². The van der Waals surface area contributed by atoms with E-state index in [9.17, 15) is 4.79 Å². The van der Waals surface area contributed by atoms with Gasteiger partial charge in [-0.3, -0.25) is 4.79 Å². The van der Waals surface area contributed by atoms with E-state index in [1.54, 1.807) is 11.1 Å². The quantitative estimate of drug-likeness (QED) is 0.888. The highest BCUT2D eigenvalue weighted by atomic mass is 16.2. The van der Waals surface area contributed by atoms with Crippen LogP contribution in [0.5, 0.6) is 0 Å². The number of anilines is 1. The molecule has 5 rings (SSSR count). The normalized spacial score (nSPS) is 26.3. The zero-order valence-corrected chi connectivity index (χ0v) is 16.5. The Labute approximate surface area is 163 Å². The first-order valence-corrected chi connectivity index (χ1v) is 11.2. The summed E-state index contributed by atoms with van der Waals surface area (Å²) in [6, 6.07) is 8.24. The summed E-state index contributed by atoms with van der Waals surface area (Å²) in [5.41, 5.74) is 4.57. The Morgan fingerprint density at radius 2 is 1.70 bits per heavy atom. The van der Waals surface area contributed by atoms with E-state index in [0.717, 1.165) is 45.4 Å². The Bertz CT molecular complexity index is 691. The molecule has 1 amide bonds. The van der Waals surface area contributed by atoms with Crippen LogP contribution in [0.4, 0.5) is 5.69 Å². The van der Waals surface area contributed by atoms with Gasteiger partial charge in [0, 0.05) is 49.9 Å². The molecule has 1 aromatic rings. The summed E-state index contributed by atoms with van der Waals surface area (Å²) in [6.07, 6.45) is 10.9. The molecule has 4 heteroatoms. The molecule has 27 heavy (non-hydrogen) atoms. The average Bonchev–Trinajstić information content (AvgIpc) is 3.45. The Kier molecular flexibility index (Phi) is 4.85. The molecule has 0 spiro atoms. The maximum Gasteiger partial charge on any atom is 0.225 e. The Balaban J connectivity index is 1.12. The highest BCUT2D eigenvalue weighted by Gasteiger charge is 2.35. The van der Waals surface area contributed by atoms with Crippen molar-refractivity contribution in [2.75, 3.05) is 31.1 Å². The minimum Gasteiger partial charge on any atom is -0.371 e. The molecule has 1 aromatic carbocycles.